The Morgan fingerprint density at radius 3 is 2.67 bits per heavy atom. The molecule has 4 rings (SSSR count). The molecule has 0 spiro atoms. The standard InChI is InChI=1S/C19H17N5O3/c1-13-9-15(23-26-13)11-21-17-8-7-14(10-20-17)19-22-18(24-27-19)12-25-16-5-3-2-4-6-16/h2-10H,11-12H2,1H3,(H,20,21). The van der Waals surface area contributed by atoms with Crippen molar-refractivity contribution in [3.05, 3.63) is 72.0 Å². The quantitative estimate of drug-likeness (QED) is 0.531. The summed E-state index contributed by atoms with van der Waals surface area (Å²) in [7, 11) is 0. The first-order chi connectivity index (χ1) is 13.3. The molecule has 3 heterocycles. The highest BCUT2D eigenvalue weighted by Gasteiger charge is 2.10. The summed E-state index contributed by atoms with van der Waals surface area (Å²) in [6.45, 7) is 2.62. The van der Waals surface area contributed by atoms with E-state index in [9.17, 15) is 0 Å². The van der Waals surface area contributed by atoms with Gasteiger partial charge in [-0.2, -0.15) is 4.98 Å². The lowest BCUT2D eigenvalue weighted by atomic mass is 10.3. The molecule has 3 aromatic heterocycles. The number of pyridine rings is 1. The highest BCUT2D eigenvalue weighted by molar-refractivity contribution is 5.54. The average molecular weight is 363 g/mol. The van der Waals surface area contributed by atoms with E-state index in [1.165, 1.54) is 0 Å². The third kappa shape index (κ3) is 4.30. The second-order valence-electron chi connectivity index (χ2n) is 5.83. The molecule has 0 fully saturated rings. The van der Waals surface area contributed by atoms with Crippen LogP contribution in [0, 0.1) is 6.92 Å². The van der Waals surface area contributed by atoms with E-state index in [0.29, 0.717) is 24.1 Å². The summed E-state index contributed by atoms with van der Waals surface area (Å²) >= 11 is 0. The van der Waals surface area contributed by atoms with E-state index in [1.807, 2.05) is 55.5 Å². The predicted molar refractivity (Wildman–Crippen MR) is 96.9 cm³/mol. The van der Waals surface area contributed by atoms with Crippen LogP contribution >= 0.6 is 0 Å². The third-order valence-corrected chi connectivity index (χ3v) is 3.72. The molecule has 136 valence electrons. The van der Waals surface area contributed by atoms with Crippen LogP contribution in [0.2, 0.25) is 0 Å². The highest BCUT2D eigenvalue weighted by Crippen LogP contribution is 2.19. The normalized spacial score (nSPS) is 10.7. The number of ether oxygens (including phenoxy) is 1. The molecule has 8 heteroatoms. The lowest BCUT2D eigenvalue weighted by Gasteiger charge is -2.03. The molecule has 4 aromatic rings. The van der Waals surface area contributed by atoms with Gasteiger partial charge in [-0.1, -0.05) is 28.5 Å². The van der Waals surface area contributed by atoms with Crippen molar-refractivity contribution in [3.8, 4) is 17.2 Å². The van der Waals surface area contributed by atoms with Crippen LogP contribution in [-0.4, -0.2) is 20.3 Å². The van der Waals surface area contributed by atoms with Gasteiger partial charge in [0, 0.05) is 12.3 Å². The number of hydrogen-bond acceptors (Lipinski definition) is 8. The van der Waals surface area contributed by atoms with Gasteiger partial charge in [0.2, 0.25) is 5.82 Å². The molecule has 8 nitrogen and oxygen atoms in total. The van der Waals surface area contributed by atoms with Crippen LogP contribution in [0.15, 0.2) is 63.8 Å². The van der Waals surface area contributed by atoms with Crippen molar-refractivity contribution in [2.24, 2.45) is 0 Å². The molecule has 0 saturated heterocycles. The van der Waals surface area contributed by atoms with Gasteiger partial charge in [-0.15, -0.1) is 0 Å². The molecule has 1 aromatic carbocycles. The summed E-state index contributed by atoms with van der Waals surface area (Å²) in [5, 5.41) is 11.0. The number of nitrogens with zero attached hydrogens (tertiary/aromatic N) is 4. The van der Waals surface area contributed by atoms with Crippen LogP contribution in [0.5, 0.6) is 5.75 Å². The molecule has 0 radical (unpaired) electrons. The summed E-state index contributed by atoms with van der Waals surface area (Å²) in [6, 6.07) is 15.1. The number of para-hydroxylation sites is 1. The fourth-order valence-corrected chi connectivity index (χ4v) is 2.40. The zero-order chi connectivity index (χ0) is 18.5. The number of benzene rings is 1. The van der Waals surface area contributed by atoms with Crippen LogP contribution in [0.1, 0.15) is 17.3 Å². The van der Waals surface area contributed by atoms with E-state index in [4.69, 9.17) is 13.8 Å². The van der Waals surface area contributed by atoms with E-state index in [2.05, 4.69) is 25.6 Å². The molecule has 1 N–H and O–H groups in total. The predicted octanol–water partition coefficient (Wildman–Crippen LogP) is 3.62. The highest BCUT2D eigenvalue weighted by atomic mass is 16.5. The van der Waals surface area contributed by atoms with Gasteiger partial charge in [0.15, 0.2) is 6.61 Å². The van der Waals surface area contributed by atoms with Gasteiger partial charge in [0.1, 0.15) is 23.0 Å². The zero-order valence-electron chi connectivity index (χ0n) is 14.6. The second kappa shape index (κ2) is 7.69. The zero-order valence-corrected chi connectivity index (χ0v) is 14.6. The minimum absolute atomic E-state index is 0.234. The average Bonchev–Trinajstić information content (AvgIpc) is 3.35. The molecular formula is C19H17N5O3. The maximum Gasteiger partial charge on any atom is 0.259 e. The molecule has 0 amide bonds. The smallest absolute Gasteiger partial charge is 0.259 e. The Labute approximate surface area is 155 Å². The van der Waals surface area contributed by atoms with E-state index >= 15 is 0 Å². The Kier molecular flexibility index (Phi) is 4.78. The van der Waals surface area contributed by atoms with Crippen molar-refractivity contribution in [1.29, 1.82) is 0 Å². The first kappa shape index (κ1) is 16.8. The van der Waals surface area contributed by atoms with Gasteiger partial charge < -0.3 is 19.1 Å². The van der Waals surface area contributed by atoms with Gasteiger partial charge in [-0.05, 0) is 31.2 Å². The lowest BCUT2D eigenvalue weighted by molar-refractivity contribution is 0.287. The Balaban J connectivity index is 1.35. The molecule has 0 aliphatic heterocycles. The maximum absolute atomic E-state index is 5.61. The van der Waals surface area contributed by atoms with Crippen molar-refractivity contribution in [2.75, 3.05) is 5.32 Å². The van der Waals surface area contributed by atoms with Crippen molar-refractivity contribution in [1.82, 2.24) is 20.3 Å². The molecule has 0 aliphatic rings. The monoisotopic (exact) mass is 363 g/mol. The Hall–Kier alpha value is -3.68. The van der Waals surface area contributed by atoms with E-state index in [1.54, 1.807) is 6.20 Å². The summed E-state index contributed by atoms with van der Waals surface area (Å²) < 4.78 is 15.9. The van der Waals surface area contributed by atoms with Gasteiger partial charge >= 0.3 is 0 Å². The van der Waals surface area contributed by atoms with Crippen LogP contribution in [0.25, 0.3) is 11.5 Å². The lowest BCUT2D eigenvalue weighted by Crippen LogP contribution is -2.01. The van der Waals surface area contributed by atoms with Crippen molar-refractivity contribution in [2.45, 2.75) is 20.1 Å². The van der Waals surface area contributed by atoms with Gasteiger partial charge in [-0.25, -0.2) is 4.98 Å². The molecule has 27 heavy (non-hydrogen) atoms. The van der Waals surface area contributed by atoms with E-state index in [-0.39, 0.29) is 6.61 Å². The number of nitrogens with one attached hydrogen (secondary N) is 1. The minimum Gasteiger partial charge on any atom is -0.485 e. The summed E-state index contributed by atoms with van der Waals surface area (Å²) in [6.07, 6.45) is 1.67. The van der Waals surface area contributed by atoms with Gasteiger partial charge in [-0.3, -0.25) is 0 Å². The van der Waals surface area contributed by atoms with Crippen LogP contribution in [0.3, 0.4) is 0 Å². The summed E-state index contributed by atoms with van der Waals surface area (Å²) in [4.78, 5) is 8.69. The number of hydrogen-bond donors (Lipinski definition) is 1. The largest absolute Gasteiger partial charge is 0.485 e. The third-order valence-electron chi connectivity index (χ3n) is 3.72. The van der Waals surface area contributed by atoms with Crippen LogP contribution in [-0.2, 0) is 13.2 Å². The Bertz CT molecular complexity index is 996. The first-order valence-electron chi connectivity index (χ1n) is 8.39. The second-order valence-corrected chi connectivity index (χ2v) is 5.83. The number of aromatic nitrogens is 4. The molecule has 0 saturated carbocycles. The fraction of sp³-hybridized carbons (Fsp3) is 0.158. The first-order valence-corrected chi connectivity index (χ1v) is 8.39. The number of aryl methyl sites for hydroxylation is 1. The van der Waals surface area contributed by atoms with Crippen molar-refractivity contribution >= 4 is 5.82 Å². The molecule has 0 atom stereocenters. The molecule has 0 aliphatic carbocycles. The fourth-order valence-electron chi connectivity index (χ4n) is 2.40. The van der Waals surface area contributed by atoms with Gasteiger partial charge in [0.05, 0.1) is 12.1 Å². The molecular weight excluding hydrogens is 346 g/mol. The maximum atomic E-state index is 5.61. The number of anilines is 1. The van der Waals surface area contributed by atoms with E-state index < -0.39 is 0 Å². The van der Waals surface area contributed by atoms with E-state index in [0.717, 1.165) is 22.8 Å². The number of rotatable bonds is 7. The summed E-state index contributed by atoms with van der Waals surface area (Å²) in [5.74, 6) is 3.11. The SMILES string of the molecule is Cc1cc(CNc2ccc(-c3nc(COc4ccccc4)no3)cn2)no1. The van der Waals surface area contributed by atoms with Crippen LogP contribution in [0.4, 0.5) is 5.82 Å². The Morgan fingerprint density at radius 2 is 1.93 bits per heavy atom. The topological polar surface area (TPSA) is 99.1 Å². The Morgan fingerprint density at radius 1 is 1.04 bits per heavy atom. The van der Waals surface area contributed by atoms with Crippen LogP contribution < -0.4 is 10.1 Å². The van der Waals surface area contributed by atoms with Gasteiger partial charge in [0.25, 0.3) is 5.89 Å². The van der Waals surface area contributed by atoms with Crippen molar-refractivity contribution in [3.63, 3.8) is 0 Å². The molecule has 0 bridgehead atoms. The summed E-state index contributed by atoms with van der Waals surface area (Å²) in [5.41, 5.74) is 1.55. The minimum atomic E-state index is 0.234. The molecule has 0 unspecified atom stereocenters. The van der Waals surface area contributed by atoms with Crippen molar-refractivity contribution < 1.29 is 13.8 Å².